The lowest BCUT2D eigenvalue weighted by Crippen LogP contribution is -2.53. The number of nitrogens with two attached hydrogens (primary N) is 2. The summed E-state index contributed by atoms with van der Waals surface area (Å²) in [6.45, 7) is 8.00. The van der Waals surface area contributed by atoms with Crippen molar-refractivity contribution < 1.29 is 0 Å². The maximum absolute atomic E-state index is 6.21. The molecular formula is C30H48N2. The van der Waals surface area contributed by atoms with Crippen molar-refractivity contribution in [3.63, 3.8) is 0 Å². The number of anilines is 2. The van der Waals surface area contributed by atoms with E-state index in [-0.39, 0.29) is 0 Å². The van der Waals surface area contributed by atoms with Crippen LogP contribution >= 0.6 is 0 Å². The summed E-state index contributed by atoms with van der Waals surface area (Å²) >= 11 is 0. The molecule has 2 unspecified atom stereocenters. The van der Waals surface area contributed by atoms with Crippen LogP contribution in [0.5, 0.6) is 0 Å². The van der Waals surface area contributed by atoms with Gasteiger partial charge in [0.05, 0.1) is 0 Å². The van der Waals surface area contributed by atoms with E-state index in [9.17, 15) is 0 Å². The molecule has 0 saturated heterocycles. The molecule has 1 aromatic carbocycles. The second kappa shape index (κ2) is 8.55. The molecular weight excluding hydrogens is 388 g/mol. The summed E-state index contributed by atoms with van der Waals surface area (Å²) in [5.41, 5.74) is 16.3. The Morgan fingerprint density at radius 2 is 1.72 bits per heavy atom. The van der Waals surface area contributed by atoms with Gasteiger partial charge in [-0.25, -0.2) is 0 Å². The molecule has 4 aliphatic rings. The predicted molar refractivity (Wildman–Crippen MR) is 137 cm³/mol. The zero-order chi connectivity index (χ0) is 22.5. The minimum atomic E-state index is 0.596. The third kappa shape index (κ3) is 3.68. The van der Waals surface area contributed by atoms with Crippen molar-refractivity contribution in [2.45, 2.75) is 104 Å². The number of nitrogen functional groups attached to an aromatic ring is 2. The molecule has 0 aliphatic heterocycles. The van der Waals surface area contributed by atoms with Gasteiger partial charge in [-0.1, -0.05) is 46.1 Å². The highest BCUT2D eigenvalue weighted by atomic mass is 14.6. The highest BCUT2D eigenvalue weighted by molar-refractivity contribution is 5.56. The van der Waals surface area contributed by atoms with Gasteiger partial charge in [0, 0.05) is 11.4 Å². The maximum atomic E-state index is 6.21. The van der Waals surface area contributed by atoms with Crippen LogP contribution in [0.25, 0.3) is 0 Å². The molecule has 0 heterocycles. The van der Waals surface area contributed by atoms with Gasteiger partial charge in [0.2, 0.25) is 0 Å². The third-order valence-corrected chi connectivity index (χ3v) is 11.6. The Hall–Kier alpha value is -1.18. The van der Waals surface area contributed by atoms with Crippen molar-refractivity contribution in [3.8, 4) is 0 Å². The Bertz CT molecular complexity index is 817. The molecule has 0 aromatic heterocycles. The Labute approximate surface area is 197 Å². The van der Waals surface area contributed by atoms with Crippen molar-refractivity contribution in [3.05, 3.63) is 23.8 Å². The van der Waals surface area contributed by atoms with E-state index in [2.05, 4.69) is 26.8 Å². The zero-order valence-electron chi connectivity index (χ0n) is 21.0. The average Bonchev–Trinajstić information content (AvgIpc) is 3.12. The number of hydrogen-bond donors (Lipinski definition) is 2. The molecule has 4 aliphatic carbocycles. The van der Waals surface area contributed by atoms with Gasteiger partial charge in [0.15, 0.2) is 0 Å². The van der Waals surface area contributed by atoms with Crippen LogP contribution in [0.3, 0.4) is 0 Å². The highest BCUT2D eigenvalue weighted by Crippen LogP contribution is 2.68. The fourth-order valence-corrected chi connectivity index (χ4v) is 9.93. The Morgan fingerprint density at radius 1 is 0.906 bits per heavy atom. The molecule has 2 nitrogen and oxygen atoms in total. The molecule has 0 amide bonds. The molecule has 4 fully saturated rings. The molecule has 0 bridgehead atoms. The van der Waals surface area contributed by atoms with E-state index in [0.29, 0.717) is 10.8 Å². The summed E-state index contributed by atoms with van der Waals surface area (Å²) in [5.74, 6) is 5.86. The van der Waals surface area contributed by atoms with Gasteiger partial charge in [-0.3, -0.25) is 0 Å². The SMILES string of the molecule is CC(CCCc1ccc(N)cc1N)[C@H]1CC[C@H]2[C@@H]3CCC4CCCC[C@]4(C)[C@H]3CC[C@]12C. The van der Waals surface area contributed by atoms with E-state index < -0.39 is 0 Å². The topological polar surface area (TPSA) is 52.0 Å². The number of hydrogen-bond acceptors (Lipinski definition) is 2. The summed E-state index contributed by atoms with van der Waals surface area (Å²) in [7, 11) is 0. The highest BCUT2D eigenvalue weighted by Gasteiger charge is 2.59. The molecule has 0 spiro atoms. The Morgan fingerprint density at radius 3 is 2.53 bits per heavy atom. The van der Waals surface area contributed by atoms with Gasteiger partial charge in [-0.05, 0) is 128 Å². The molecule has 2 heteroatoms. The van der Waals surface area contributed by atoms with Crippen molar-refractivity contribution in [1.82, 2.24) is 0 Å². The zero-order valence-corrected chi connectivity index (χ0v) is 21.0. The van der Waals surface area contributed by atoms with Gasteiger partial charge < -0.3 is 11.5 Å². The standard InChI is InChI=1S/C30H48N2/c1-20(7-6-8-21-10-12-23(31)19-28(21)32)25-14-15-26-24-13-11-22-9-4-5-17-29(22,2)27(24)16-18-30(25,26)3/h10,12,19-20,22,24-27H,4-9,11,13-18,31-32H2,1-3H3/t20?,22?,24-,25+,26-,27-,29-,30+/m0/s1. The van der Waals surface area contributed by atoms with Crippen LogP contribution in [0.15, 0.2) is 18.2 Å². The fraction of sp³-hybridized carbons (Fsp3) is 0.800. The smallest absolute Gasteiger partial charge is 0.0367 e. The van der Waals surface area contributed by atoms with Crippen LogP contribution in [0, 0.1) is 46.3 Å². The van der Waals surface area contributed by atoms with Crippen molar-refractivity contribution in [2.24, 2.45) is 46.3 Å². The first kappa shape index (κ1) is 22.6. The van der Waals surface area contributed by atoms with E-state index in [0.717, 1.165) is 53.3 Å². The number of benzene rings is 1. The quantitative estimate of drug-likeness (QED) is 0.461. The Balaban J connectivity index is 1.23. The number of rotatable bonds is 5. The summed E-state index contributed by atoms with van der Waals surface area (Å²) < 4.78 is 0. The number of aryl methyl sites for hydroxylation is 1. The van der Waals surface area contributed by atoms with Crippen molar-refractivity contribution >= 4 is 11.4 Å². The van der Waals surface area contributed by atoms with Crippen LogP contribution < -0.4 is 11.5 Å². The van der Waals surface area contributed by atoms with Gasteiger partial charge >= 0.3 is 0 Å². The lowest BCUT2D eigenvalue weighted by molar-refractivity contribution is -0.114. The molecule has 1 aromatic rings. The summed E-state index contributed by atoms with van der Waals surface area (Å²) in [5, 5.41) is 0. The second-order valence-electron chi connectivity index (χ2n) is 13.0. The molecule has 32 heavy (non-hydrogen) atoms. The van der Waals surface area contributed by atoms with E-state index in [1.54, 1.807) is 6.42 Å². The molecule has 4 N–H and O–H groups in total. The second-order valence-corrected chi connectivity index (χ2v) is 13.0. The van der Waals surface area contributed by atoms with Gasteiger partial charge in [-0.2, -0.15) is 0 Å². The first-order chi connectivity index (χ1) is 15.3. The fourth-order valence-electron chi connectivity index (χ4n) is 9.93. The van der Waals surface area contributed by atoms with Crippen LogP contribution in [-0.4, -0.2) is 0 Å². The monoisotopic (exact) mass is 436 g/mol. The average molecular weight is 437 g/mol. The van der Waals surface area contributed by atoms with Crippen LogP contribution in [0.1, 0.15) is 103 Å². The first-order valence-corrected chi connectivity index (χ1v) is 14.0. The van der Waals surface area contributed by atoms with Crippen molar-refractivity contribution in [1.29, 1.82) is 0 Å². The Kier molecular flexibility index (Phi) is 6.04. The van der Waals surface area contributed by atoms with Gasteiger partial charge in [0.1, 0.15) is 0 Å². The summed E-state index contributed by atoms with van der Waals surface area (Å²) in [6, 6.07) is 6.05. The van der Waals surface area contributed by atoms with Crippen molar-refractivity contribution in [2.75, 3.05) is 11.5 Å². The molecule has 0 radical (unpaired) electrons. The number of fused-ring (bicyclic) bond motifs is 5. The van der Waals surface area contributed by atoms with E-state index in [4.69, 9.17) is 11.5 Å². The predicted octanol–water partition coefficient (Wildman–Crippen LogP) is 7.86. The van der Waals surface area contributed by atoms with E-state index in [1.165, 1.54) is 76.2 Å². The molecule has 178 valence electrons. The maximum Gasteiger partial charge on any atom is 0.0367 e. The minimum absolute atomic E-state index is 0.596. The van der Waals surface area contributed by atoms with E-state index >= 15 is 0 Å². The lowest BCUT2D eigenvalue weighted by atomic mass is 9.44. The largest absolute Gasteiger partial charge is 0.399 e. The normalized spacial score (nSPS) is 42.0. The van der Waals surface area contributed by atoms with Crippen LogP contribution in [0.4, 0.5) is 11.4 Å². The third-order valence-electron chi connectivity index (χ3n) is 11.6. The molecule has 8 atom stereocenters. The molecule has 4 saturated carbocycles. The van der Waals surface area contributed by atoms with Gasteiger partial charge in [-0.15, -0.1) is 0 Å². The van der Waals surface area contributed by atoms with Crippen LogP contribution in [0.2, 0.25) is 0 Å². The van der Waals surface area contributed by atoms with E-state index in [1.807, 2.05) is 12.1 Å². The lowest BCUT2D eigenvalue weighted by Gasteiger charge is -2.61. The molecule has 5 rings (SSSR count). The first-order valence-electron chi connectivity index (χ1n) is 14.0. The summed E-state index contributed by atoms with van der Waals surface area (Å²) in [6.07, 6.45) is 18.8. The summed E-state index contributed by atoms with van der Waals surface area (Å²) in [4.78, 5) is 0. The minimum Gasteiger partial charge on any atom is -0.399 e. The van der Waals surface area contributed by atoms with Gasteiger partial charge in [0.25, 0.3) is 0 Å². The van der Waals surface area contributed by atoms with Crippen LogP contribution in [-0.2, 0) is 6.42 Å².